The van der Waals surface area contributed by atoms with Crippen molar-refractivity contribution in [1.29, 1.82) is 0 Å². The van der Waals surface area contributed by atoms with E-state index >= 15 is 0 Å². The Morgan fingerprint density at radius 1 is 1.10 bits per heavy atom. The Kier molecular flexibility index (Phi) is 4.88. The molecule has 2 rings (SSSR count). The quantitative estimate of drug-likeness (QED) is 0.624. The van der Waals surface area contributed by atoms with Crippen LogP contribution in [0, 0.1) is 6.92 Å². The second-order valence-corrected chi connectivity index (χ2v) is 5.00. The minimum absolute atomic E-state index is 0.192. The standard InChI is InChI=1S/C15H12Cl2O3/c1-10-7-12(17)5-6-14(10)20-15(18)9-19-13-4-2-3-11(16)8-13/h2-8H,9H2,1H3. The summed E-state index contributed by atoms with van der Waals surface area (Å²) >= 11 is 11.6. The molecule has 0 radical (unpaired) electrons. The molecule has 2 aromatic carbocycles. The van der Waals surface area contributed by atoms with Crippen molar-refractivity contribution in [2.75, 3.05) is 6.61 Å². The summed E-state index contributed by atoms with van der Waals surface area (Å²) in [4.78, 5) is 11.7. The Morgan fingerprint density at radius 2 is 1.85 bits per heavy atom. The van der Waals surface area contributed by atoms with Gasteiger partial charge in [0.15, 0.2) is 6.61 Å². The number of halogens is 2. The van der Waals surface area contributed by atoms with Gasteiger partial charge >= 0.3 is 5.97 Å². The van der Waals surface area contributed by atoms with Crippen molar-refractivity contribution in [3.05, 3.63) is 58.1 Å². The predicted octanol–water partition coefficient (Wildman–Crippen LogP) is 4.29. The van der Waals surface area contributed by atoms with Crippen LogP contribution in [0.25, 0.3) is 0 Å². The summed E-state index contributed by atoms with van der Waals surface area (Å²) in [6.07, 6.45) is 0. The average molecular weight is 311 g/mol. The molecule has 0 spiro atoms. The first kappa shape index (κ1) is 14.7. The van der Waals surface area contributed by atoms with E-state index in [9.17, 15) is 4.79 Å². The molecule has 0 saturated heterocycles. The van der Waals surface area contributed by atoms with Gasteiger partial charge in [0, 0.05) is 10.0 Å². The molecule has 0 fully saturated rings. The van der Waals surface area contributed by atoms with E-state index in [0.29, 0.717) is 21.5 Å². The van der Waals surface area contributed by atoms with Crippen LogP contribution in [0.1, 0.15) is 5.56 Å². The third-order valence-electron chi connectivity index (χ3n) is 2.51. The number of ether oxygens (including phenoxy) is 2. The lowest BCUT2D eigenvalue weighted by molar-refractivity contribution is -0.136. The molecule has 0 N–H and O–H groups in total. The molecule has 0 aliphatic rings. The highest BCUT2D eigenvalue weighted by atomic mass is 35.5. The predicted molar refractivity (Wildman–Crippen MR) is 78.8 cm³/mol. The van der Waals surface area contributed by atoms with Crippen LogP contribution in [0.5, 0.6) is 11.5 Å². The molecule has 2 aromatic rings. The van der Waals surface area contributed by atoms with Crippen LogP contribution in [0.3, 0.4) is 0 Å². The maximum atomic E-state index is 11.7. The highest BCUT2D eigenvalue weighted by molar-refractivity contribution is 6.31. The van der Waals surface area contributed by atoms with Gasteiger partial charge < -0.3 is 9.47 Å². The second-order valence-electron chi connectivity index (χ2n) is 4.13. The summed E-state index contributed by atoms with van der Waals surface area (Å²) in [5.74, 6) is 0.492. The molecule has 0 heterocycles. The maximum absolute atomic E-state index is 11.7. The summed E-state index contributed by atoms with van der Waals surface area (Å²) in [6, 6.07) is 11.8. The fourth-order valence-electron chi connectivity index (χ4n) is 1.58. The van der Waals surface area contributed by atoms with Gasteiger partial charge in [0.05, 0.1) is 0 Å². The molecule has 0 aliphatic carbocycles. The van der Waals surface area contributed by atoms with Gasteiger partial charge in [-0.2, -0.15) is 0 Å². The number of esters is 1. The van der Waals surface area contributed by atoms with Gasteiger partial charge in [-0.15, -0.1) is 0 Å². The number of carbonyl (C=O) groups is 1. The molecule has 20 heavy (non-hydrogen) atoms. The topological polar surface area (TPSA) is 35.5 Å². The number of hydrogen-bond acceptors (Lipinski definition) is 3. The van der Waals surface area contributed by atoms with E-state index in [1.54, 1.807) is 42.5 Å². The molecule has 0 aliphatic heterocycles. The molecular formula is C15H12Cl2O3. The minimum atomic E-state index is -0.490. The van der Waals surface area contributed by atoms with Crippen LogP contribution in [0.4, 0.5) is 0 Å². The van der Waals surface area contributed by atoms with Crippen LogP contribution in [-0.2, 0) is 4.79 Å². The Morgan fingerprint density at radius 3 is 2.55 bits per heavy atom. The van der Waals surface area contributed by atoms with Crippen molar-refractivity contribution in [3.63, 3.8) is 0 Å². The molecule has 3 nitrogen and oxygen atoms in total. The highest BCUT2D eigenvalue weighted by Gasteiger charge is 2.08. The third kappa shape index (κ3) is 4.15. The summed E-state index contributed by atoms with van der Waals surface area (Å²) in [5, 5.41) is 1.14. The lowest BCUT2D eigenvalue weighted by atomic mass is 10.2. The van der Waals surface area contributed by atoms with E-state index in [0.717, 1.165) is 5.56 Å². The number of rotatable bonds is 4. The van der Waals surface area contributed by atoms with Crippen molar-refractivity contribution >= 4 is 29.2 Å². The van der Waals surface area contributed by atoms with Crippen molar-refractivity contribution < 1.29 is 14.3 Å². The molecular weight excluding hydrogens is 299 g/mol. The zero-order valence-corrected chi connectivity index (χ0v) is 12.2. The van der Waals surface area contributed by atoms with Crippen LogP contribution in [-0.4, -0.2) is 12.6 Å². The van der Waals surface area contributed by atoms with Gasteiger partial charge in [-0.3, -0.25) is 0 Å². The van der Waals surface area contributed by atoms with Gasteiger partial charge in [-0.05, 0) is 48.9 Å². The van der Waals surface area contributed by atoms with E-state index in [4.69, 9.17) is 32.7 Å². The normalized spacial score (nSPS) is 10.2. The fraction of sp³-hybridized carbons (Fsp3) is 0.133. The molecule has 0 saturated carbocycles. The highest BCUT2D eigenvalue weighted by Crippen LogP contribution is 2.22. The van der Waals surface area contributed by atoms with Crippen molar-refractivity contribution in [3.8, 4) is 11.5 Å². The van der Waals surface area contributed by atoms with E-state index in [1.165, 1.54) is 0 Å². The largest absolute Gasteiger partial charge is 0.482 e. The van der Waals surface area contributed by atoms with E-state index in [2.05, 4.69) is 0 Å². The van der Waals surface area contributed by atoms with Crippen LogP contribution < -0.4 is 9.47 Å². The zero-order valence-electron chi connectivity index (χ0n) is 10.7. The van der Waals surface area contributed by atoms with E-state index in [-0.39, 0.29) is 6.61 Å². The first-order valence-corrected chi connectivity index (χ1v) is 6.65. The Balaban J connectivity index is 1.92. The number of aryl methyl sites for hydroxylation is 1. The van der Waals surface area contributed by atoms with Gasteiger partial charge in [0.1, 0.15) is 11.5 Å². The average Bonchev–Trinajstić information content (AvgIpc) is 2.40. The monoisotopic (exact) mass is 310 g/mol. The minimum Gasteiger partial charge on any atom is -0.482 e. The van der Waals surface area contributed by atoms with Crippen LogP contribution in [0.15, 0.2) is 42.5 Å². The second kappa shape index (κ2) is 6.64. The number of benzene rings is 2. The lowest BCUT2D eigenvalue weighted by Crippen LogP contribution is -2.18. The Bertz CT molecular complexity index is 626. The SMILES string of the molecule is Cc1cc(Cl)ccc1OC(=O)COc1cccc(Cl)c1. The first-order chi connectivity index (χ1) is 9.54. The van der Waals surface area contributed by atoms with Gasteiger partial charge in [0.25, 0.3) is 0 Å². The molecule has 0 atom stereocenters. The van der Waals surface area contributed by atoms with Gasteiger partial charge in [-0.25, -0.2) is 4.79 Å². The zero-order chi connectivity index (χ0) is 14.5. The van der Waals surface area contributed by atoms with Crippen molar-refractivity contribution in [1.82, 2.24) is 0 Å². The molecule has 5 heteroatoms. The van der Waals surface area contributed by atoms with Crippen LogP contribution >= 0.6 is 23.2 Å². The molecule has 104 valence electrons. The number of carbonyl (C=O) groups excluding carboxylic acids is 1. The van der Waals surface area contributed by atoms with Crippen LogP contribution in [0.2, 0.25) is 10.0 Å². The fourth-order valence-corrected chi connectivity index (χ4v) is 1.99. The molecule has 0 unspecified atom stereocenters. The summed E-state index contributed by atoms with van der Waals surface area (Å²) in [5.41, 5.74) is 0.786. The Labute approximate surface area is 127 Å². The molecule has 0 aromatic heterocycles. The first-order valence-electron chi connectivity index (χ1n) is 5.90. The van der Waals surface area contributed by atoms with E-state index < -0.39 is 5.97 Å². The third-order valence-corrected chi connectivity index (χ3v) is 2.98. The summed E-state index contributed by atoms with van der Waals surface area (Å²) in [6.45, 7) is 1.62. The van der Waals surface area contributed by atoms with Gasteiger partial charge in [0.2, 0.25) is 0 Å². The lowest BCUT2D eigenvalue weighted by Gasteiger charge is -2.09. The maximum Gasteiger partial charge on any atom is 0.349 e. The van der Waals surface area contributed by atoms with Crippen molar-refractivity contribution in [2.24, 2.45) is 0 Å². The van der Waals surface area contributed by atoms with E-state index in [1.807, 2.05) is 6.92 Å². The summed E-state index contributed by atoms with van der Waals surface area (Å²) < 4.78 is 10.5. The Hall–Kier alpha value is -1.71. The van der Waals surface area contributed by atoms with Crippen molar-refractivity contribution in [2.45, 2.75) is 6.92 Å². The smallest absolute Gasteiger partial charge is 0.349 e. The summed E-state index contributed by atoms with van der Waals surface area (Å²) in [7, 11) is 0. The molecule has 0 amide bonds. The van der Waals surface area contributed by atoms with Gasteiger partial charge in [-0.1, -0.05) is 29.3 Å². The number of hydrogen-bond donors (Lipinski definition) is 0. The molecule has 0 bridgehead atoms.